The highest BCUT2D eigenvalue weighted by Gasteiger charge is 2.21. The summed E-state index contributed by atoms with van der Waals surface area (Å²) in [6.45, 7) is 6.38. The quantitative estimate of drug-likeness (QED) is 0.497. The molecule has 0 bridgehead atoms. The predicted molar refractivity (Wildman–Crippen MR) is 113 cm³/mol. The maximum Gasteiger partial charge on any atom is 0.111 e. The molecule has 4 aromatic rings. The van der Waals surface area contributed by atoms with Crippen molar-refractivity contribution in [2.45, 2.75) is 39.5 Å². The van der Waals surface area contributed by atoms with E-state index in [-0.39, 0.29) is 5.92 Å². The maximum absolute atomic E-state index is 4.91. The third-order valence-corrected chi connectivity index (χ3v) is 5.19. The van der Waals surface area contributed by atoms with E-state index in [0.717, 1.165) is 47.3 Å². The number of hydrogen-bond donors (Lipinski definition) is 2. The van der Waals surface area contributed by atoms with Gasteiger partial charge in [0.15, 0.2) is 0 Å². The van der Waals surface area contributed by atoms with E-state index in [9.17, 15) is 0 Å². The van der Waals surface area contributed by atoms with Gasteiger partial charge in [0, 0.05) is 30.1 Å². The second-order valence-electron chi connectivity index (χ2n) is 7.43. The van der Waals surface area contributed by atoms with Crippen LogP contribution >= 0.6 is 0 Å². The summed E-state index contributed by atoms with van der Waals surface area (Å²) in [5.41, 5.74) is 6.91. The van der Waals surface area contributed by atoms with Crippen molar-refractivity contribution in [1.29, 1.82) is 0 Å². The molecule has 4 rings (SSSR count). The van der Waals surface area contributed by atoms with E-state index >= 15 is 0 Å². The number of nitrogens with one attached hydrogen (secondary N) is 2. The third kappa shape index (κ3) is 3.91. The predicted octanol–water partition coefficient (Wildman–Crippen LogP) is 5.08. The standard InChI is InChI=1S/C24H26N4/c1-16(23-17(2)25-21(27-23)14-19-10-6-4-7-11-19)24-18(3)26-22(28-24)15-20-12-8-5-9-13-20/h4-13,16H,14-15H2,1-3H3,(H,25,27)(H,26,28). The van der Waals surface area contributed by atoms with Crippen molar-refractivity contribution in [3.8, 4) is 0 Å². The normalized spacial score (nSPS) is 11.3. The lowest BCUT2D eigenvalue weighted by atomic mass is 10.0. The average Bonchev–Trinajstić information content (AvgIpc) is 3.25. The van der Waals surface area contributed by atoms with Crippen LogP contribution in [0.2, 0.25) is 0 Å². The maximum atomic E-state index is 4.91. The van der Waals surface area contributed by atoms with E-state index in [4.69, 9.17) is 9.97 Å². The molecule has 4 nitrogen and oxygen atoms in total. The second-order valence-corrected chi connectivity index (χ2v) is 7.43. The molecule has 0 unspecified atom stereocenters. The van der Waals surface area contributed by atoms with Gasteiger partial charge in [-0.05, 0) is 25.0 Å². The summed E-state index contributed by atoms with van der Waals surface area (Å²) in [5, 5.41) is 0. The fourth-order valence-corrected chi connectivity index (χ4v) is 3.79. The first-order valence-electron chi connectivity index (χ1n) is 9.78. The van der Waals surface area contributed by atoms with E-state index in [2.05, 4.69) is 79.3 Å². The van der Waals surface area contributed by atoms with Crippen LogP contribution in [0.4, 0.5) is 0 Å². The van der Waals surface area contributed by atoms with Crippen LogP contribution in [0, 0.1) is 13.8 Å². The Bertz CT molecular complexity index is 959. The molecule has 0 radical (unpaired) electrons. The highest BCUT2D eigenvalue weighted by Crippen LogP contribution is 2.27. The molecule has 0 saturated carbocycles. The molecule has 2 aromatic heterocycles. The first-order chi connectivity index (χ1) is 13.6. The van der Waals surface area contributed by atoms with Crippen molar-refractivity contribution < 1.29 is 0 Å². The Kier molecular flexibility index (Phi) is 5.11. The van der Waals surface area contributed by atoms with E-state index in [1.54, 1.807) is 0 Å². The van der Waals surface area contributed by atoms with Crippen molar-refractivity contribution in [1.82, 2.24) is 19.9 Å². The molecular formula is C24H26N4. The zero-order valence-corrected chi connectivity index (χ0v) is 16.7. The van der Waals surface area contributed by atoms with Gasteiger partial charge in [-0.2, -0.15) is 0 Å². The van der Waals surface area contributed by atoms with Gasteiger partial charge in [0.25, 0.3) is 0 Å². The van der Waals surface area contributed by atoms with Gasteiger partial charge in [-0.25, -0.2) is 9.97 Å². The highest BCUT2D eigenvalue weighted by atomic mass is 15.0. The summed E-state index contributed by atoms with van der Waals surface area (Å²) in [7, 11) is 0. The molecule has 0 amide bonds. The largest absolute Gasteiger partial charge is 0.346 e. The fraction of sp³-hybridized carbons (Fsp3) is 0.250. The van der Waals surface area contributed by atoms with Gasteiger partial charge in [0.1, 0.15) is 11.6 Å². The molecule has 0 aliphatic rings. The monoisotopic (exact) mass is 370 g/mol. The molecule has 4 heteroatoms. The summed E-state index contributed by atoms with van der Waals surface area (Å²) in [4.78, 5) is 16.7. The van der Waals surface area contributed by atoms with Crippen LogP contribution in [0.3, 0.4) is 0 Å². The van der Waals surface area contributed by atoms with Crippen molar-refractivity contribution in [3.05, 3.63) is 106 Å². The van der Waals surface area contributed by atoms with Crippen molar-refractivity contribution >= 4 is 0 Å². The Morgan fingerprint density at radius 1 is 0.679 bits per heavy atom. The van der Waals surface area contributed by atoms with Gasteiger partial charge >= 0.3 is 0 Å². The molecule has 2 aromatic carbocycles. The van der Waals surface area contributed by atoms with Crippen LogP contribution < -0.4 is 0 Å². The molecule has 0 fully saturated rings. The first-order valence-corrected chi connectivity index (χ1v) is 9.78. The summed E-state index contributed by atoms with van der Waals surface area (Å²) < 4.78 is 0. The SMILES string of the molecule is Cc1[nH]c(Cc2ccccc2)nc1C(C)c1nc(Cc2ccccc2)[nH]c1C. The van der Waals surface area contributed by atoms with Gasteiger partial charge in [-0.15, -0.1) is 0 Å². The topological polar surface area (TPSA) is 57.4 Å². The van der Waals surface area contributed by atoms with E-state index in [0.29, 0.717) is 0 Å². The minimum atomic E-state index is 0.140. The lowest BCUT2D eigenvalue weighted by Crippen LogP contribution is -2.02. The van der Waals surface area contributed by atoms with Crippen molar-refractivity contribution in [2.75, 3.05) is 0 Å². The average molecular weight is 371 g/mol. The number of rotatable bonds is 6. The number of benzene rings is 2. The molecule has 0 saturated heterocycles. The van der Waals surface area contributed by atoms with Gasteiger partial charge in [-0.3, -0.25) is 0 Å². The molecule has 28 heavy (non-hydrogen) atoms. The smallest absolute Gasteiger partial charge is 0.111 e. The summed E-state index contributed by atoms with van der Waals surface area (Å²) in [5.74, 6) is 2.15. The minimum absolute atomic E-state index is 0.140. The van der Waals surface area contributed by atoms with Crippen LogP contribution in [0.5, 0.6) is 0 Å². The molecule has 0 aliphatic heterocycles. The van der Waals surface area contributed by atoms with E-state index in [1.807, 2.05) is 12.1 Å². The summed E-state index contributed by atoms with van der Waals surface area (Å²) in [6, 6.07) is 20.9. The number of nitrogens with zero attached hydrogens (tertiary/aromatic N) is 2. The lowest BCUT2D eigenvalue weighted by molar-refractivity contribution is 0.821. The second kappa shape index (κ2) is 7.85. The number of hydrogen-bond acceptors (Lipinski definition) is 2. The summed E-state index contributed by atoms with van der Waals surface area (Å²) in [6.07, 6.45) is 1.63. The van der Waals surface area contributed by atoms with Gasteiger partial charge < -0.3 is 9.97 Å². The Morgan fingerprint density at radius 3 is 1.46 bits per heavy atom. The van der Waals surface area contributed by atoms with Crippen molar-refractivity contribution in [3.63, 3.8) is 0 Å². The fourth-order valence-electron chi connectivity index (χ4n) is 3.79. The van der Waals surface area contributed by atoms with Crippen molar-refractivity contribution in [2.24, 2.45) is 0 Å². The molecule has 0 spiro atoms. The zero-order chi connectivity index (χ0) is 19.5. The van der Waals surface area contributed by atoms with Crippen LogP contribution in [-0.2, 0) is 12.8 Å². The summed E-state index contributed by atoms with van der Waals surface area (Å²) >= 11 is 0. The molecule has 0 atom stereocenters. The zero-order valence-electron chi connectivity index (χ0n) is 16.7. The van der Waals surface area contributed by atoms with Gasteiger partial charge in [-0.1, -0.05) is 67.6 Å². The Balaban J connectivity index is 1.55. The number of aromatic nitrogens is 4. The van der Waals surface area contributed by atoms with E-state index < -0.39 is 0 Å². The molecule has 142 valence electrons. The third-order valence-electron chi connectivity index (χ3n) is 5.19. The van der Waals surface area contributed by atoms with Crippen LogP contribution in [0.1, 0.15) is 58.4 Å². The first kappa shape index (κ1) is 18.2. The van der Waals surface area contributed by atoms with Gasteiger partial charge in [0.2, 0.25) is 0 Å². The molecule has 2 N–H and O–H groups in total. The van der Waals surface area contributed by atoms with Crippen LogP contribution in [0.15, 0.2) is 60.7 Å². The van der Waals surface area contributed by atoms with Crippen LogP contribution in [-0.4, -0.2) is 19.9 Å². The molecular weight excluding hydrogens is 344 g/mol. The number of aryl methyl sites for hydroxylation is 2. The van der Waals surface area contributed by atoms with Crippen LogP contribution in [0.25, 0.3) is 0 Å². The van der Waals surface area contributed by atoms with Gasteiger partial charge in [0.05, 0.1) is 11.4 Å². The Hall–Kier alpha value is -3.14. The lowest BCUT2D eigenvalue weighted by Gasteiger charge is -2.08. The number of imidazole rings is 2. The minimum Gasteiger partial charge on any atom is -0.346 e. The van der Waals surface area contributed by atoms with E-state index in [1.165, 1.54) is 11.1 Å². The number of H-pyrrole nitrogens is 2. The molecule has 2 heterocycles. The molecule has 0 aliphatic carbocycles. The Morgan fingerprint density at radius 2 is 1.07 bits per heavy atom. The Labute approximate surface area is 166 Å². The highest BCUT2D eigenvalue weighted by molar-refractivity contribution is 5.32. The number of aromatic amines is 2.